The number of para-hydroxylation sites is 1. The van der Waals surface area contributed by atoms with Crippen molar-refractivity contribution in [1.82, 2.24) is 9.80 Å². The van der Waals surface area contributed by atoms with Gasteiger partial charge in [-0.05, 0) is 12.1 Å². The van der Waals surface area contributed by atoms with Crippen molar-refractivity contribution in [3.8, 4) is 5.75 Å². The minimum atomic E-state index is -4.47. The molecule has 0 aromatic heterocycles. The maximum atomic E-state index is 12.2. The third-order valence-electron chi connectivity index (χ3n) is 3.73. The third-order valence-corrected chi connectivity index (χ3v) is 3.73. The van der Waals surface area contributed by atoms with Gasteiger partial charge in [-0.1, -0.05) is 18.2 Å². The Balaban J connectivity index is 1.68. The lowest BCUT2D eigenvalue weighted by Gasteiger charge is -2.35. The molecule has 0 bridgehead atoms. The number of rotatable bonds is 6. The Kier molecular flexibility index (Phi) is 6.44. The van der Waals surface area contributed by atoms with Crippen LogP contribution < -0.4 is 4.74 Å². The summed E-state index contributed by atoms with van der Waals surface area (Å²) in [5.41, 5.74) is 0. The van der Waals surface area contributed by atoms with Crippen molar-refractivity contribution in [3.05, 3.63) is 30.3 Å². The molecule has 1 unspecified atom stereocenters. The topological polar surface area (TPSA) is 53.0 Å². The number of hydrogen-bond acceptors (Lipinski definition) is 4. The molecular formula is C16H21F3N2O3. The third kappa shape index (κ3) is 6.37. The summed E-state index contributed by atoms with van der Waals surface area (Å²) >= 11 is 0. The van der Waals surface area contributed by atoms with E-state index in [1.165, 1.54) is 4.90 Å². The normalized spacial score (nSPS) is 17.6. The Morgan fingerprint density at radius 1 is 1.17 bits per heavy atom. The molecule has 0 radical (unpaired) electrons. The van der Waals surface area contributed by atoms with Gasteiger partial charge in [0.1, 0.15) is 24.9 Å². The molecule has 8 heteroatoms. The first-order chi connectivity index (χ1) is 11.3. The van der Waals surface area contributed by atoms with Gasteiger partial charge in [-0.3, -0.25) is 9.69 Å². The van der Waals surface area contributed by atoms with Crippen molar-refractivity contribution < 1.29 is 27.8 Å². The number of carbonyl (C=O) groups excluding carboxylic acids is 1. The molecule has 1 aliphatic rings. The van der Waals surface area contributed by atoms with Gasteiger partial charge in [0.15, 0.2) is 0 Å². The lowest BCUT2D eigenvalue weighted by atomic mass is 10.2. The standard InChI is InChI=1S/C16H21F3N2O3/c17-16(18,19)10-15(23)21-8-6-20(7-9-21)11-13(22)12-24-14-4-2-1-3-5-14/h1-5,13,22H,6-12H2. The molecule has 2 rings (SSSR count). The van der Waals surface area contributed by atoms with E-state index in [0.29, 0.717) is 25.4 Å². The van der Waals surface area contributed by atoms with Crippen molar-refractivity contribution in [2.75, 3.05) is 39.3 Å². The first-order valence-electron chi connectivity index (χ1n) is 7.76. The zero-order chi connectivity index (χ0) is 17.6. The number of alkyl halides is 3. The minimum absolute atomic E-state index is 0.136. The first kappa shape index (κ1) is 18.5. The number of hydrogen-bond donors (Lipinski definition) is 1. The van der Waals surface area contributed by atoms with Gasteiger partial charge < -0.3 is 14.7 Å². The number of aliphatic hydroxyl groups is 1. The molecule has 1 aliphatic heterocycles. The Morgan fingerprint density at radius 2 is 1.79 bits per heavy atom. The van der Waals surface area contributed by atoms with Crippen LogP contribution in [-0.2, 0) is 4.79 Å². The summed E-state index contributed by atoms with van der Waals surface area (Å²) in [6.45, 7) is 1.84. The van der Waals surface area contributed by atoms with Gasteiger partial charge in [0.25, 0.3) is 0 Å². The van der Waals surface area contributed by atoms with Crippen LogP contribution in [0.15, 0.2) is 30.3 Å². The number of halogens is 3. The van der Waals surface area contributed by atoms with Crippen LogP contribution in [0.4, 0.5) is 13.2 Å². The van der Waals surface area contributed by atoms with E-state index in [4.69, 9.17) is 4.74 Å². The predicted octanol–water partition coefficient (Wildman–Crippen LogP) is 1.52. The number of carbonyl (C=O) groups is 1. The van der Waals surface area contributed by atoms with Crippen molar-refractivity contribution in [3.63, 3.8) is 0 Å². The second-order valence-corrected chi connectivity index (χ2v) is 5.75. The number of β-amino-alcohol motifs (C(OH)–C–C–N with tert-alkyl or cyclic N) is 1. The fourth-order valence-corrected chi connectivity index (χ4v) is 2.52. The average molecular weight is 346 g/mol. The van der Waals surface area contributed by atoms with Gasteiger partial charge >= 0.3 is 6.18 Å². The molecule has 24 heavy (non-hydrogen) atoms. The van der Waals surface area contributed by atoms with E-state index in [9.17, 15) is 23.1 Å². The monoisotopic (exact) mass is 346 g/mol. The highest BCUT2D eigenvalue weighted by Crippen LogP contribution is 2.21. The number of aliphatic hydroxyl groups excluding tert-OH is 1. The van der Waals surface area contributed by atoms with E-state index in [0.717, 1.165) is 0 Å². The molecule has 1 aromatic carbocycles. The van der Waals surface area contributed by atoms with E-state index in [1.54, 1.807) is 12.1 Å². The molecule has 1 N–H and O–H groups in total. The molecule has 1 amide bonds. The van der Waals surface area contributed by atoms with Crippen molar-refractivity contribution in [2.24, 2.45) is 0 Å². The van der Waals surface area contributed by atoms with Gasteiger partial charge in [-0.2, -0.15) is 13.2 Å². The molecule has 0 spiro atoms. The highest BCUT2D eigenvalue weighted by atomic mass is 19.4. The number of nitrogens with zero attached hydrogens (tertiary/aromatic N) is 2. The van der Waals surface area contributed by atoms with Gasteiger partial charge in [-0.15, -0.1) is 0 Å². The van der Waals surface area contributed by atoms with Crippen LogP contribution in [-0.4, -0.2) is 72.4 Å². The summed E-state index contributed by atoms with van der Waals surface area (Å²) in [6.07, 6.45) is -6.60. The number of piperazine rings is 1. The second kappa shape index (κ2) is 8.34. The largest absolute Gasteiger partial charge is 0.491 e. The highest BCUT2D eigenvalue weighted by Gasteiger charge is 2.34. The zero-order valence-corrected chi connectivity index (χ0v) is 13.2. The smallest absolute Gasteiger partial charge is 0.397 e. The molecule has 1 fully saturated rings. The van der Waals surface area contributed by atoms with Crippen LogP contribution in [0.3, 0.4) is 0 Å². The quantitative estimate of drug-likeness (QED) is 0.849. The Bertz CT molecular complexity index is 517. The van der Waals surface area contributed by atoms with Crippen LogP contribution in [0, 0.1) is 0 Å². The van der Waals surface area contributed by atoms with Gasteiger partial charge in [0, 0.05) is 32.7 Å². The van der Waals surface area contributed by atoms with E-state index in [2.05, 4.69) is 0 Å². The van der Waals surface area contributed by atoms with Gasteiger partial charge in [0.05, 0.1) is 0 Å². The molecule has 0 saturated carbocycles. The van der Waals surface area contributed by atoms with Crippen molar-refractivity contribution >= 4 is 5.91 Å². The van der Waals surface area contributed by atoms with Crippen molar-refractivity contribution in [1.29, 1.82) is 0 Å². The van der Waals surface area contributed by atoms with Gasteiger partial charge in [-0.25, -0.2) is 0 Å². The molecule has 1 saturated heterocycles. The molecule has 5 nitrogen and oxygen atoms in total. The van der Waals surface area contributed by atoms with E-state index in [1.807, 2.05) is 23.1 Å². The summed E-state index contributed by atoms with van der Waals surface area (Å²) in [7, 11) is 0. The Labute approximate surface area is 138 Å². The van der Waals surface area contributed by atoms with Crippen LogP contribution in [0.2, 0.25) is 0 Å². The van der Waals surface area contributed by atoms with Crippen LogP contribution >= 0.6 is 0 Å². The van der Waals surface area contributed by atoms with Crippen LogP contribution in [0.1, 0.15) is 6.42 Å². The van der Waals surface area contributed by atoms with Crippen molar-refractivity contribution in [2.45, 2.75) is 18.7 Å². The summed E-state index contributed by atoms with van der Waals surface area (Å²) in [4.78, 5) is 14.7. The Morgan fingerprint density at radius 3 is 2.38 bits per heavy atom. The maximum absolute atomic E-state index is 12.2. The summed E-state index contributed by atoms with van der Waals surface area (Å²) in [5.74, 6) is -0.228. The van der Waals surface area contributed by atoms with Gasteiger partial charge in [0.2, 0.25) is 5.91 Å². The van der Waals surface area contributed by atoms with Crippen LogP contribution in [0.25, 0.3) is 0 Å². The zero-order valence-electron chi connectivity index (χ0n) is 13.2. The van der Waals surface area contributed by atoms with E-state index < -0.39 is 24.6 Å². The number of benzene rings is 1. The Hall–Kier alpha value is -1.80. The molecule has 134 valence electrons. The molecule has 1 heterocycles. The lowest BCUT2D eigenvalue weighted by Crippen LogP contribution is -2.51. The molecular weight excluding hydrogens is 325 g/mol. The minimum Gasteiger partial charge on any atom is -0.491 e. The fourth-order valence-electron chi connectivity index (χ4n) is 2.52. The fraction of sp³-hybridized carbons (Fsp3) is 0.562. The molecule has 0 aliphatic carbocycles. The summed E-state index contributed by atoms with van der Waals surface area (Å²) in [5, 5.41) is 9.99. The molecule has 1 aromatic rings. The van der Waals surface area contributed by atoms with E-state index >= 15 is 0 Å². The summed E-state index contributed by atoms with van der Waals surface area (Å²) < 4.78 is 42.1. The second-order valence-electron chi connectivity index (χ2n) is 5.75. The lowest BCUT2D eigenvalue weighted by molar-refractivity contribution is -0.162. The number of amides is 1. The highest BCUT2D eigenvalue weighted by molar-refractivity contribution is 5.76. The van der Waals surface area contributed by atoms with Crippen LogP contribution in [0.5, 0.6) is 5.75 Å². The van der Waals surface area contributed by atoms with E-state index in [-0.39, 0.29) is 19.7 Å². The maximum Gasteiger partial charge on any atom is 0.397 e. The SMILES string of the molecule is O=C(CC(F)(F)F)N1CCN(CC(O)COc2ccccc2)CC1. The molecule has 1 atom stereocenters. The predicted molar refractivity (Wildman–Crippen MR) is 81.6 cm³/mol. The average Bonchev–Trinajstić information content (AvgIpc) is 2.53. The summed E-state index contributed by atoms with van der Waals surface area (Å²) in [6, 6.07) is 9.11. The number of ether oxygens (including phenoxy) is 1. The first-order valence-corrected chi connectivity index (χ1v) is 7.76.